The smallest absolute Gasteiger partial charge is 0.259 e. The Hall–Kier alpha value is -5.36. The number of nitrogens with one attached hydrogen (secondary N) is 1. The van der Waals surface area contributed by atoms with Gasteiger partial charge < -0.3 is 14.7 Å². The first-order valence-electron chi connectivity index (χ1n) is 18.0. The Bertz CT molecular complexity index is 2120. The molecule has 3 fully saturated rings. The first-order chi connectivity index (χ1) is 25.0. The third-order valence-corrected chi connectivity index (χ3v) is 11.0. The predicted molar refractivity (Wildman–Crippen MR) is 194 cm³/mol. The minimum Gasteiger partial charge on any atom is -0.371 e. The van der Waals surface area contributed by atoms with Gasteiger partial charge in [0.1, 0.15) is 23.1 Å². The first-order valence-corrected chi connectivity index (χ1v) is 18.0. The lowest BCUT2D eigenvalue weighted by molar-refractivity contribution is 0.0879. The summed E-state index contributed by atoms with van der Waals surface area (Å²) in [6.07, 6.45) is 6.03. The number of nitrogens with zero attached hydrogens (tertiary/aromatic N) is 8. The Morgan fingerprint density at radius 2 is 1.59 bits per heavy atom. The van der Waals surface area contributed by atoms with Crippen LogP contribution in [-0.4, -0.2) is 88.7 Å². The van der Waals surface area contributed by atoms with Crippen molar-refractivity contribution in [2.75, 3.05) is 67.1 Å². The van der Waals surface area contributed by atoms with Gasteiger partial charge in [-0.05, 0) is 91.8 Å². The maximum Gasteiger partial charge on any atom is 0.259 e. The molecule has 2 aromatic carbocycles. The lowest BCUT2D eigenvalue weighted by Crippen LogP contribution is -2.49. The zero-order chi connectivity index (χ0) is 34.5. The molecule has 1 N–H and O–H groups in total. The van der Waals surface area contributed by atoms with Crippen LogP contribution >= 0.6 is 0 Å². The summed E-state index contributed by atoms with van der Waals surface area (Å²) in [5, 5.41) is 7.42. The van der Waals surface area contributed by atoms with Crippen LogP contribution in [0.3, 0.4) is 0 Å². The summed E-state index contributed by atoms with van der Waals surface area (Å²) in [4.78, 5) is 43.4. The molecule has 1 atom stereocenters. The average molecular weight is 686 g/mol. The summed E-state index contributed by atoms with van der Waals surface area (Å²) in [5.41, 5.74) is 5.38. The van der Waals surface area contributed by atoms with E-state index in [1.165, 1.54) is 6.07 Å². The number of piperidine rings is 1. The number of halogens is 1. The second-order valence-electron chi connectivity index (χ2n) is 14.1. The number of hydrogen-bond acceptors (Lipinski definition) is 9. The monoisotopic (exact) mass is 685 g/mol. The summed E-state index contributed by atoms with van der Waals surface area (Å²) in [5.74, 6) is 1.62. The number of rotatable bonds is 7. The standard InChI is InChI=1S/C39H40FN9O2/c40-28-5-1-4-27(22-28)33-7-3-15-48(33)37-12-11-35-41-24-34(49(35)44-37)32-6-2-8-36(42-32)47-20-18-45(19-21-47)25-26-13-16-46(17-14-26)29-9-10-30-31(23-29)39(51)43-38(30)50/h1-2,4-6,8-12,22-24,26,33H,3,7,13-21,25H2,(H,43,50,51)/t33-/m1/s1. The fourth-order valence-electron chi connectivity index (χ4n) is 8.29. The van der Waals surface area contributed by atoms with Crippen LogP contribution in [0.5, 0.6) is 0 Å². The molecule has 7 heterocycles. The average Bonchev–Trinajstić information content (AvgIpc) is 3.89. The minimum absolute atomic E-state index is 0.0837. The van der Waals surface area contributed by atoms with Crippen molar-refractivity contribution in [3.8, 4) is 11.4 Å². The SMILES string of the molecule is O=C1NC(=O)c2cc(N3CCC(CN4CCN(c5cccc(-c6cnc7ccc(N8CCC[C@@H]8c8cccc(F)c8)nn67)n5)CC4)CC3)ccc21. The van der Waals surface area contributed by atoms with Gasteiger partial charge in [-0.15, -0.1) is 5.10 Å². The van der Waals surface area contributed by atoms with Gasteiger partial charge in [0, 0.05) is 58.0 Å². The van der Waals surface area contributed by atoms with Gasteiger partial charge in [-0.1, -0.05) is 18.2 Å². The van der Waals surface area contributed by atoms with Gasteiger partial charge in [0.15, 0.2) is 5.65 Å². The van der Waals surface area contributed by atoms with Crippen LogP contribution in [0, 0.1) is 11.7 Å². The molecule has 4 aliphatic rings. The van der Waals surface area contributed by atoms with E-state index in [-0.39, 0.29) is 23.7 Å². The van der Waals surface area contributed by atoms with E-state index in [1.807, 2.05) is 47.1 Å². The number of imide groups is 1. The maximum absolute atomic E-state index is 14.1. The molecule has 5 aromatic rings. The first kappa shape index (κ1) is 31.6. The number of fused-ring (bicyclic) bond motifs is 2. The van der Waals surface area contributed by atoms with Crippen molar-refractivity contribution < 1.29 is 14.0 Å². The summed E-state index contributed by atoms with van der Waals surface area (Å²) >= 11 is 0. The number of imidazole rings is 1. The predicted octanol–water partition coefficient (Wildman–Crippen LogP) is 5.19. The van der Waals surface area contributed by atoms with E-state index >= 15 is 0 Å². The number of pyridine rings is 1. The van der Waals surface area contributed by atoms with Crippen molar-refractivity contribution >= 4 is 34.8 Å². The van der Waals surface area contributed by atoms with Crippen LogP contribution < -0.4 is 20.0 Å². The van der Waals surface area contributed by atoms with Crippen molar-refractivity contribution in [2.24, 2.45) is 5.92 Å². The van der Waals surface area contributed by atoms with Crippen molar-refractivity contribution in [2.45, 2.75) is 31.7 Å². The Labute approximate surface area is 295 Å². The highest BCUT2D eigenvalue weighted by atomic mass is 19.1. The van der Waals surface area contributed by atoms with E-state index < -0.39 is 0 Å². The fourth-order valence-corrected chi connectivity index (χ4v) is 8.29. The van der Waals surface area contributed by atoms with Gasteiger partial charge >= 0.3 is 0 Å². The molecule has 0 radical (unpaired) electrons. The molecule has 4 aliphatic heterocycles. The molecular weight excluding hydrogens is 645 g/mol. The van der Waals surface area contributed by atoms with Crippen molar-refractivity contribution in [3.05, 3.63) is 102 Å². The van der Waals surface area contributed by atoms with E-state index in [1.54, 1.807) is 18.2 Å². The molecule has 0 spiro atoms. The number of benzene rings is 2. The highest BCUT2D eigenvalue weighted by molar-refractivity contribution is 6.21. The van der Waals surface area contributed by atoms with Crippen molar-refractivity contribution in [3.63, 3.8) is 0 Å². The van der Waals surface area contributed by atoms with Gasteiger partial charge in [0.25, 0.3) is 11.8 Å². The Morgan fingerprint density at radius 3 is 2.43 bits per heavy atom. The topological polar surface area (TPSA) is 102 Å². The molecule has 2 amide bonds. The summed E-state index contributed by atoms with van der Waals surface area (Å²) < 4.78 is 16.0. The van der Waals surface area contributed by atoms with Crippen molar-refractivity contribution in [1.29, 1.82) is 0 Å². The second kappa shape index (κ2) is 13.1. The molecule has 51 heavy (non-hydrogen) atoms. The Kier molecular flexibility index (Phi) is 8.10. The van der Waals surface area contributed by atoms with E-state index in [0.717, 1.165) is 118 Å². The minimum atomic E-state index is -0.307. The number of carbonyl (C=O) groups is 2. The number of aromatic nitrogens is 4. The molecule has 12 heteroatoms. The number of carbonyl (C=O) groups excluding carboxylic acids is 2. The van der Waals surface area contributed by atoms with Crippen LogP contribution in [0.15, 0.2) is 79.0 Å². The van der Waals surface area contributed by atoms with Crippen LogP contribution in [-0.2, 0) is 0 Å². The fraction of sp³-hybridized carbons (Fsp3) is 0.359. The molecular formula is C39H40FN9O2. The van der Waals surface area contributed by atoms with E-state index in [0.29, 0.717) is 17.0 Å². The number of hydrogen-bond donors (Lipinski definition) is 1. The van der Waals surface area contributed by atoms with Gasteiger partial charge in [0.05, 0.1) is 29.1 Å². The number of piperazine rings is 1. The summed E-state index contributed by atoms with van der Waals surface area (Å²) in [6.45, 7) is 7.65. The summed E-state index contributed by atoms with van der Waals surface area (Å²) in [7, 11) is 0. The third kappa shape index (κ3) is 6.07. The van der Waals surface area contributed by atoms with E-state index in [9.17, 15) is 14.0 Å². The molecule has 9 rings (SSSR count). The van der Waals surface area contributed by atoms with Crippen LogP contribution in [0.25, 0.3) is 17.0 Å². The molecule has 0 saturated carbocycles. The zero-order valence-corrected chi connectivity index (χ0v) is 28.4. The van der Waals surface area contributed by atoms with Gasteiger partial charge in [-0.3, -0.25) is 19.8 Å². The Balaban J connectivity index is 0.828. The largest absolute Gasteiger partial charge is 0.371 e. The lowest BCUT2D eigenvalue weighted by atomic mass is 9.95. The van der Waals surface area contributed by atoms with Crippen molar-refractivity contribution in [1.82, 2.24) is 29.8 Å². The molecule has 3 aromatic heterocycles. The number of anilines is 3. The molecule has 3 saturated heterocycles. The molecule has 260 valence electrons. The van der Waals surface area contributed by atoms with E-state index in [2.05, 4.69) is 42.0 Å². The zero-order valence-electron chi connectivity index (χ0n) is 28.4. The molecule has 11 nitrogen and oxygen atoms in total. The van der Waals surface area contributed by atoms with Gasteiger partial charge in [0.2, 0.25) is 0 Å². The third-order valence-electron chi connectivity index (χ3n) is 11.0. The molecule has 0 bridgehead atoms. The van der Waals surface area contributed by atoms with Crippen LogP contribution in [0.2, 0.25) is 0 Å². The van der Waals surface area contributed by atoms with Crippen LogP contribution in [0.1, 0.15) is 58.0 Å². The molecule has 0 unspecified atom stereocenters. The molecule has 0 aliphatic carbocycles. The summed E-state index contributed by atoms with van der Waals surface area (Å²) in [6, 6.07) is 22.8. The normalized spacial score (nSPS) is 20.0. The number of amides is 2. The van der Waals surface area contributed by atoms with Crippen LogP contribution in [0.4, 0.5) is 21.7 Å². The quantitative estimate of drug-likeness (QED) is 0.232. The maximum atomic E-state index is 14.1. The second-order valence-corrected chi connectivity index (χ2v) is 14.1. The Morgan fingerprint density at radius 1 is 0.765 bits per heavy atom. The highest BCUT2D eigenvalue weighted by Gasteiger charge is 2.30. The van der Waals surface area contributed by atoms with Gasteiger partial charge in [-0.2, -0.15) is 0 Å². The highest BCUT2D eigenvalue weighted by Crippen LogP contribution is 2.36. The van der Waals surface area contributed by atoms with E-state index in [4.69, 9.17) is 10.1 Å². The lowest BCUT2D eigenvalue weighted by Gasteiger charge is -2.39. The van der Waals surface area contributed by atoms with Gasteiger partial charge in [-0.25, -0.2) is 18.9 Å².